The van der Waals surface area contributed by atoms with E-state index in [9.17, 15) is 9.59 Å². The molecule has 1 aliphatic heterocycles. The van der Waals surface area contributed by atoms with Crippen molar-refractivity contribution >= 4 is 11.8 Å². The third-order valence-corrected chi connectivity index (χ3v) is 1.58. The van der Waals surface area contributed by atoms with E-state index in [-0.39, 0.29) is 25.4 Å². The van der Waals surface area contributed by atoms with Gasteiger partial charge in [0.25, 0.3) is 0 Å². The number of β-amino-alcohol motifs (C(OH)–C–C–N with tert-alkyl or cyclic N) is 1. The molecule has 11 heavy (non-hydrogen) atoms. The van der Waals surface area contributed by atoms with Gasteiger partial charge in [-0.1, -0.05) is 0 Å². The zero-order valence-corrected chi connectivity index (χ0v) is 5.99. The van der Waals surface area contributed by atoms with Crippen LogP contribution >= 0.6 is 0 Å². The molecule has 5 nitrogen and oxygen atoms in total. The minimum absolute atomic E-state index is 0.0335. The molecule has 1 saturated heterocycles. The lowest BCUT2D eigenvalue weighted by Gasteiger charge is -2.11. The molecule has 0 spiro atoms. The summed E-state index contributed by atoms with van der Waals surface area (Å²) in [6.07, 6.45) is -0.677. The van der Waals surface area contributed by atoms with Crippen molar-refractivity contribution in [2.45, 2.75) is 12.5 Å². The largest absolute Gasteiger partial charge is 0.391 e. The Hall–Kier alpha value is -0.940. The number of amides is 2. The highest BCUT2D eigenvalue weighted by atomic mass is 16.3. The summed E-state index contributed by atoms with van der Waals surface area (Å²) >= 11 is 0. The lowest BCUT2D eigenvalue weighted by Crippen LogP contribution is -2.37. The summed E-state index contributed by atoms with van der Waals surface area (Å²) in [7, 11) is 0. The third-order valence-electron chi connectivity index (χ3n) is 1.58. The van der Waals surface area contributed by atoms with Gasteiger partial charge in [0.1, 0.15) is 0 Å². The maximum atomic E-state index is 10.9. The normalized spacial score (nSPS) is 24.4. The summed E-state index contributed by atoms with van der Waals surface area (Å²) in [5, 5.41) is 8.96. The molecular formula is C6H10N2O3. The molecule has 0 aromatic heterocycles. The lowest BCUT2D eigenvalue weighted by atomic mass is 10.3. The fraction of sp³-hybridized carbons (Fsp3) is 0.667. The van der Waals surface area contributed by atoms with E-state index in [2.05, 4.69) is 0 Å². The molecule has 5 heteroatoms. The standard InChI is InChI=1S/C6H10N2O3/c7-2-6(11)8-3-4(9)1-5(8)10/h4,9H,1-3,7H2. The monoisotopic (exact) mass is 158 g/mol. The molecule has 0 bridgehead atoms. The number of nitrogens with two attached hydrogens (primary N) is 1. The van der Waals surface area contributed by atoms with E-state index in [4.69, 9.17) is 10.8 Å². The molecule has 1 atom stereocenters. The van der Waals surface area contributed by atoms with E-state index in [0.717, 1.165) is 4.90 Å². The van der Waals surface area contributed by atoms with Crippen LogP contribution in [-0.2, 0) is 9.59 Å². The number of hydrogen-bond acceptors (Lipinski definition) is 4. The van der Waals surface area contributed by atoms with Crippen molar-refractivity contribution in [3.05, 3.63) is 0 Å². The highest BCUT2D eigenvalue weighted by Crippen LogP contribution is 2.09. The Morgan fingerprint density at radius 1 is 1.82 bits per heavy atom. The van der Waals surface area contributed by atoms with Crippen molar-refractivity contribution < 1.29 is 14.7 Å². The molecule has 1 heterocycles. The van der Waals surface area contributed by atoms with Gasteiger partial charge in [0.15, 0.2) is 0 Å². The topological polar surface area (TPSA) is 83.6 Å². The summed E-state index contributed by atoms with van der Waals surface area (Å²) in [6.45, 7) is -0.0900. The number of carbonyl (C=O) groups excluding carboxylic acids is 2. The van der Waals surface area contributed by atoms with Crippen LogP contribution in [0.15, 0.2) is 0 Å². The molecule has 0 aliphatic carbocycles. The van der Waals surface area contributed by atoms with Crippen LogP contribution in [-0.4, -0.2) is 41.0 Å². The predicted molar refractivity (Wildman–Crippen MR) is 36.4 cm³/mol. The van der Waals surface area contributed by atoms with Gasteiger partial charge in [-0.2, -0.15) is 0 Å². The Morgan fingerprint density at radius 2 is 2.45 bits per heavy atom. The molecular weight excluding hydrogens is 148 g/mol. The lowest BCUT2D eigenvalue weighted by molar-refractivity contribution is -0.140. The minimum atomic E-state index is -0.710. The average Bonchev–Trinajstić information content (AvgIpc) is 2.28. The second-order valence-electron chi connectivity index (χ2n) is 2.46. The summed E-state index contributed by atoms with van der Waals surface area (Å²) in [4.78, 5) is 22.7. The van der Waals surface area contributed by atoms with Crippen LogP contribution in [0.1, 0.15) is 6.42 Å². The Bertz CT molecular complexity index is 184. The first-order valence-electron chi connectivity index (χ1n) is 3.36. The summed E-state index contributed by atoms with van der Waals surface area (Å²) in [6, 6.07) is 0. The number of hydrogen-bond donors (Lipinski definition) is 2. The number of aliphatic hydroxyl groups excluding tert-OH is 1. The van der Waals surface area contributed by atoms with E-state index in [1.165, 1.54) is 0 Å². The maximum absolute atomic E-state index is 10.9. The zero-order valence-electron chi connectivity index (χ0n) is 5.99. The van der Waals surface area contributed by atoms with Crippen LogP contribution in [0.3, 0.4) is 0 Å². The summed E-state index contributed by atoms with van der Waals surface area (Å²) in [5.41, 5.74) is 5.03. The fourth-order valence-corrected chi connectivity index (χ4v) is 1.04. The Kier molecular flexibility index (Phi) is 2.21. The second kappa shape index (κ2) is 2.98. The highest BCUT2D eigenvalue weighted by Gasteiger charge is 2.31. The number of imide groups is 1. The number of likely N-dealkylation sites (tertiary alicyclic amines) is 1. The number of nitrogens with zero attached hydrogens (tertiary/aromatic N) is 1. The van der Waals surface area contributed by atoms with Crippen LogP contribution < -0.4 is 5.73 Å². The van der Waals surface area contributed by atoms with Crippen LogP contribution in [0.4, 0.5) is 0 Å². The first-order valence-corrected chi connectivity index (χ1v) is 3.36. The Labute approximate surface area is 63.8 Å². The third kappa shape index (κ3) is 1.55. The van der Waals surface area contributed by atoms with Gasteiger partial charge in [-0.05, 0) is 0 Å². The minimum Gasteiger partial charge on any atom is -0.391 e. The van der Waals surface area contributed by atoms with Crippen molar-refractivity contribution in [1.29, 1.82) is 0 Å². The van der Waals surface area contributed by atoms with E-state index >= 15 is 0 Å². The molecule has 0 saturated carbocycles. The molecule has 1 aliphatic rings. The van der Waals surface area contributed by atoms with Gasteiger partial charge in [0.05, 0.1) is 25.6 Å². The quantitative estimate of drug-likeness (QED) is 0.465. The molecule has 2 amide bonds. The highest BCUT2D eigenvalue weighted by molar-refractivity contribution is 5.97. The van der Waals surface area contributed by atoms with Crippen molar-refractivity contribution in [3.8, 4) is 0 Å². The van der Waals surface area contributed by atoms with Crippen molar-refractivity contribution in [3.63, 3.8) is 0 Å². The molecule has 0 aromatic rings. The van der Waals surface area contributed by atoms with Gasteiger partial charge >= 0.3 is 0 Å². The number of rotatable bonds is 1. The first kappa shape index (κ1) is 8.16. The molecule has 0 aromatic carbocycles. The summed E-state index contributed by atoms with van der Waals surface area (Å²) < 4.78 is 0. The van der Waals surface area contributed by atoms with Gasteiger partial charge < -0.3 is 10.8 Å². The van der Waals surface area contributed by atoms with Crippen molar-refractivity contribution in [2.75, 3.05) is 13.1 Å². The molecule has 0 radical (unpaired) electrons. The zero-order chi connectivity index (χ0) is 8.43. The molecule has 62 valence electrons. The molecule has 3 N–H and O–H groups in total. The number of aliphatic hydroxyl groups is 1. The average molecular weight is 158 g/mol. The smallest absolute Gasteiger partial charge is 0.242 e. The van der Waals surface area contributed by atoms with E-state index < -0.39 is 12.0 Å². The molecule has 1 fully saturated rings. The maximum Gasteiger partial charge on any atom is 0.242 e. The first-order chi connectivity index (χ1) is 5.15. The Balaban J connectivity index is 2.60. The van der Waals surface area contributed by atoms with E-state index in [1.54, 1.807) is 0 Å². The van der Waals surface area contributed by atoms with Gasteiger partial charge in [0, 0.05) is 0 Å². The van der Waals surface area contributed by atoms with Gasteiger partial charge in [-0.25, -0.2) is 0 Å². The van der Waals surface area contributed by atoms with Gasteiger partial charge in [-0.3, -0.25) is 14.5 Å². The van der Waals surface area contributed by atoms with Gasteiger partial charge in [0.2, 0.25) is 11.8 Å². The van der Waals surface area contributed by atoms with Gasteiger partial charge in [-0.15, -0.1) is 0 Å². The number of carbonyl (C=O) groups is 2. The van der Waals surface area contributed by atoms with E-state index in [0.29, 0.717) is 0 Å². The van der Waals surface area contributed by atoms with Crippen LogP contribution in [0.25, 0.3) is 0 Å². The van der Waals surface area contributed by atoms with E-state index in [1.807, 2.05) is 0 Å². The second-order valence-corrected chi connectivity index (χ2v) is 2.46. The SMILES string of the molecule is NCC(=O)N1CC(O)CC1=O. The van der Waals surface area contributed by atoms with Crippen LogP contribution in [0, 0.1) is 0 Å². The Morgan fingerprint density at radius 3 is 2.82 bits per heavy atom. The van der Waals surface area contributed by atoms with Crippen LogP contribution in [0.5, 0.6) is 0 Å². The van der Waals surface area contributed by atoms with Crippen molar-refractivity contribution in [1.82, 2.24) is 4.90 Å². The summed E-state index contributed by atoms with van der Waals surface area (Å²) in [5.74, 6) is -0.764. The molecule has 1 rings (SSSR count). The predicted octanol–water partition coefficient (Wildman–Crippen LogP) is -1.94. The van der Waals surface area contributed by atoms with Crippen molar-refractivity contribution in [2.24, 2.45) is 5.73 Å². The fourth-order valence-electron chi connectivity index (χ4n) is 1.04. The van der Waals surface area contributed by atoms with Crippen LogP contribution in [0.2, 0.25) is 0 Å². The molecule has 1 unspecified atom stereocenters.